The molecular weight excluding hydrogens is 220 g/mol. The summed E-state index contributed by atoms with van der Waals surface area (Å²) in [7, 11) is 0. The quantitative estimate of drug-likeness (QED) is 0.808. The topological polar surface area (TPSA) is 15.3 Å². The molecule has 0 aromatic carbocycles. The molecule has 1 heterocycles. The standard InChI is InChI=1S/C16H32N2/c1-5-15(6-2)17-16-13-8-7-9-14(16)11-18(10-13)12(3)4/h12-17H,5-11H2,1-4H3. The molecule has 0 radical (unpaired) electrons. The summed E-state index contributed by atoms with van der Waals surface area (Å²) in [4.78, 5) is 2.71. The molecule has 2 rings (SSSR count). The molecule has 1 aliphatic carbocycles. The molecule has 2 heteroatoms. The van der Waals surface area contributed by atoms with Gasteiger partial charge in [-0.25, -0.2) is 0 Å². The van der Waals surface area contributed by atoms with Crippen LogP contribution in [0.25, 0.3) is 0 Å². The van der Waals surface area contributed by atoms with E-state index in [9.17, 15) is 0 Å². The van der Waals surface area contributed by atoms with E-state index in [0.29, 0.717) is 0 Å². The highest BCUT2D eigenvalue weighted by Gasteiger charge is 2.40. The average Bonchev–Trinajstić information content (AvgIpc) is 2.34. The van der Waals surface area contributed by atoms with Gasteiger partial charge in [0.25, 0.3) is 0 Å². The van der Waals surface area contributed by atoms with E-state index in [4.69, 9.17) is 0 Å². The van der Waals surface area contributed by atoms with Gasteiger partial charge in [-0.15, -0.1) is 0 Å². The zero-order valence-electron chi connectivity index (χ0n) is 12.8. The van der Waals surface area contributed by atoms with Crippen LogP contribution in [0.1, 0.15) is 59.8 Å². The second-order valence-corrected chi connectivity index (χ2v) is 6.70. The first kappa shape index (κ1) is 14.3. The highest BCUT2D eigenvalue weighted by Crippen LogP contribution is 2.36. The van der Waals surface area contributed by atoms with E-state index in [0.717, 1.165) is 30.0 Å². The van der Waals surface area contributed by atoms with Crippen molar-refractivity contribution in [2.75, 3.05) is 13.1 Å². The summed E-state index contributed by atoms with van der Waals surface area (Å²) in [5, 5.41) is 3.99. The molecule has 2 aliphatic rings. The fourth-order valence-electron chi connectivity index (χ4n) is 3.96. The van der Waals surface area contributed by atoms with Gasteiger partial charge in [0.1, 0.15) is 0 Å². The minimum atomic E-state index is 0.724. The summed E-state index contributed by atoms with van der Waals surface area (Å²) >= 11 is 0. The molecule has 0 amide bonds. The first-order chi connectivity index (χ1) is 8.65. The maximum Gasteiger partial charge on any atom is 0.0151 e. The second-order valence-electron chi connectivity index (χ2n) is 6.70. The average molecular weight is 252 g/mol. The smallest absolute Gasteiger partial charge is 0.0151 e. The van der Waals surface area contributed by atoms with Gasteiger partial charge in [0.15, 0.2) is 0 Å². The molecule has 1 saturated carbocycles. The first-order valence-corrected chi connectivity index (χ1v) is 8.15. The summed E-state index contributed by atoms with van der Waals surface area (Å²) in [5.41, 5.74) is 0. The van der Waals surface area contributed by atoms with Gasteiger partial charge in [-0.3, -0.25) is 0 Å². The molecule has 0 aromatic rings. The van der Waals surface area contributed by atoms with E-state index in [1.54, 1.807) is 0 Å². The normalized spacial score (nSPS) is 33.3. The van der Waals surface area contributed by atoms with Gasteiger partial charge in [-0.1, -0.05) is 20.3 Å². The van der Waals surface area contributed by atoms with Crippen LogP contribution < -0.4 is 5.32 Å². The number of rotatable bonds is 5. The van der Waals surface area contributed by atoms with E-state index in [1.807, 2.05) is 0 Å². The van der Waals surface area contributed by atoms with E-state index in [1.165, 1.54) is 45.2 Å². The maximum absolute atomic E-state index is 3.99. The summed E-state index contributed by atoms with van der Waals surface area (Å²) in [6.45, 7) is 12.0. The van der Waals surface area contributed by atoms with Crippen molar-refractivity contribution >= 4 is 0 Å². The van der Waals surface area contributed by atoms with E-state index >= 15 is 0 Å². The van der Waals surface area contributed by atoms with Crippen molar-refractivity contribution in [3.63, 3.8) is 0 Å². The fraction of sp³-hybridized carbons (Fsp3) is 1.00. The van der Waals surface area contributed by atoms with Crippen LogP contribution in [-0.2, 0) is 0 Å². The van der Waals surface area contributed by atoms with Crippen molar-refractivity contribution in [2.24, 2.45) is 11.8 Å². The molecule has 1 saturated heterocycles. The third-order valence-electron chi connectivity index (χ3n) is 5.25. The molecule has 1 N–H and O–H groups in total. The maximum atomic E-state index is 3.99. The largest absolute Gasteiger partial charge is 0.311 e. The molecule has 18 heavy (non-hydrogen) atoms. The Morgan fingerprint density at radius 3 is 2.06 bits per heavy atom. The number of nitrogens with one attached hydrogen (secondary N) is 1. The van der Waals surface area contributed by atoms with Crippen LogP contribution in [0.2, 0.25) is 0 Å². The zero-order valence-corrected chi connectivity index (χ0v) is 12.8. The van der Waals surface area contributed by atoms with E-state index in [-0.39, 0.29) is 0 Å². The van der Waals surface area contributed by atoms with Gasteiger partial charge in [0, 0.05) is 31.2 Å². The third kappa shape index (κ3) is 3.08. The lowest BCUT2D eigenvalue weighted by Gasteiger charge is -2.50. The van der Waals surface area contributed by atoms with E-state index in [2.05, 4.69) is 37.9 Å². The number of likely N-dealkylation sites (tertiary alicyclic amines) is 1. The number of hydrogen-bond donors (Lipinski definition) is 1. The van der Waals surface area contributed by atoms with Gasteiger partial charge in [0.2, 0.25) is 0 Å². The van der Waals surface area contributed by atoms with Crippen LogP contribution in [0.3, 0.4) is 0 Å². The number of nitrogens with zero attached hydrogens (tertiary/aromatic N) is 1. The van der Waals surface area contributed by atoms with Crippen LogP contribution in [0.15, 0.2) is 0 Å². The first-order valence-electron chi connectivity index (χ1n) is 8.15. The summed E-state index contributed by atoms with van der Waals surface area (Å²) in [6, 6.07) is 2.27. The van der Waals surface area contributed by atoms with Gasteiger partial charge >= 0.3 is 0 Å². The van der Waals surface area contributed by atoms with Crippen molar-refractivity contribution in [3.05, 3.63) is 0 Å². The van der Waals surface area contributed by atoms with Crippen LogP contribution >= 0.6 is 0 Å². The van der Waals surface area contributed by atoms with Crippen LogP contribution in [-0.4, -0.2) is 36.1 Å². The van der Waals surface area contributed by atoms with Crippen LogP contribution in [0.5, 0.6) is 0 Å². The molecule has 106 valence electrons. The van der Waals surface area contributed by atoms with Gasteiger partial charge in [-0.2, -0.15) is 0 Å². The second kappa shape index (κ2) is 6.38. The molecule has 0 spiro atoms. The zero-order chi connectivity index (χ0) is 13.1. The van der Waals surface area contributed by atoms with Crippen molar-refractivity contribution in [2.45, 2.75) is 77.9 Å². The highest BCUT2D eigenvalue weighted by molar-refractivity contribution is 4.96. The Bertz CT molecular complexity index is 233. The number of hydrogen-bond acceptors (Lipinski definition) is 2. The molecule has 2 unspecified atom stereocenters. The Labute approximate surface area is 114 Å². The number of piperidine rings is 1. The van der Waals surface area contributed by atoms with Gasteiger partial charge < -0.3 is 10.2 Å². The summed E-state index contributed by atoms with van der Waals surface area (Å²) < 4.78 is 0. The molecular formula is C16H32N2. The molecule has 2 bridgehead atoms. The molecule has 0 aromatic heterocycles. The molecule has 1 aliphatic heterocycles. The van der Waals surface area contributed by atoms with Crippen molar-refractivity contribution < 1.29 is 0 Å². The molecule has 2 nitrogen and oxygen atoms in total. The van der Waals surface area contributed by atoms with Crippen molar-refractivity contribution in [1.29, 1.82) is 0 Å². The fourth-order valence-corrected chi connectivity index (χ4v) is 3.96. The predicted octanol–water partition coefficient (Wildman–Crippen LogP) is 3.27. The minimum Gasteiger partial charge on any atom is -0.311 e. The molecule has 2 atom stereocenters. The van der Waals surface area contributed by atoms with Gasteiger partial charge in [-0.05, 0) is 51.4 Å². The lowest BCUT2D eigenvalue weighted by molar-refractivity contribution is 0.0245. The van der Waals surface area contributed by atoms with E-state index < -0.39 is 0 Å². The Kier molecular flexibility index (Phi) is 5.08. The van der Waals surface area contributed by atoms with Crippen molar-refractivity contribution in [1.82, 2.24) is 10.2 Å². The van der Waals surface area contributed by atoms with Crippen molar-refractivity contribution in [3.8, 4) is 0 Å². The SMILES string of the molecule is CCC(CC)NC1C2CCCC1CN(C(C)C)C2. The lowest BCUT2D eigenvalue weighted by Crippen LogP contribution is -2.59. The Hall–Kier alpha value is -0.0800. The lowest BCUT2D eigenvalue weighted by atomic mass is 9.72. The van der Waals surface area contributed by atoms with Crippen LogP contribution in [0.4, 0.5) is 0 Å². The monoisotopic (exact) mass is 252 g/mol. The Morgan fingerprint density at radius 1 is 1.06 bits per heavy atom. The minimum absolute atomic E-state index is 0.724. The predicted molar refractivity (Wildman–Crippen MR) is 78.8 cm³/mol. The number of fused-ring (bicyclic) bond motifs is 2. The van der Waals surface area contributed by atoms with Crippen LogP contribution in [0, 0.1) is 11.8 Å². The van der Waals surface area contributed by atoms with Gasteiger partial charge in [0.05, 0.1) is 0 Å². The Balaban J connectivity index is 1.99. The Morgan fingerprint density at radius 2 is 1.61 bits per heavy atom. The third-order valence-corrected chi connectivity index (χ3v) is 5.25. The summed E-state index contributed by atoms with van der Waals surface area (Å²) in [6.07, 6.45) is 6.90. The molecule has 2 fully saturated rings. The highest BCUT2D eigenvalue weighted by atomic mass is 15.2. The summed E-state index contributed by atoms with van der Waals surface area (Å²) in [5.74, 6) is 1.81.